The molecule has 1 aromatic rings. The van der Waals surface area contributed by atoms with Crippen LogP contribution in [0.1, 0.15) is 6.42 Å². The van der Waals surface area contributed by atoms with Crippen molar-refractivity contribution in [1.82, 2.24) is 9.97 Å². The van der Waals surface area contributed by atoms with Gasteiger partial charge in [0.2, 0.25) is 0 Å². The highest BCUT2D eigenvalue weighted by Crippen LogP contribution is 1.98. The predicted octanol–water partition coefficient (Wildman–Crippen LogP) is 0.286. The number of rotatable bonds is 6. The number of hydrogen-bond donors (Lipinski definition) is 2. The van der Waals surface area contributed by atoms with Crippen LogP contribution in [-0.4, -0.2) is 41.4 Å². The second-order valence-electron chi connectivity index (χ2n) is 2.92. The Hall–Kier alpha value is -1.20. The van der Waals surface area contributed by atoms with Gasteiger partial charge in [0.15, 0.2) is 0 Å². The number of nitrogens with zero attached hydrogens (tertiary/aromatic N) is 2. The van der Waals surface area contributed by atoms with Gasteiger partial charge in [-0.15, -0.1) is 0 Å². The molecule has 0 aromatic carbocycles. The van der Waals surface area contributed by atoms with Crippen molar-refractivity contribution in [1.29, 1.82) is 0 Å². The molecule has 1 rings (SSSR count). The molecule has 0 aliphatic rings. The van der Waals surface area contributed by atoms with Gasteiger partial charge in [0.1, 0.15) is 5.82 Å². The van der Waals surface area contributed by atoms with E-state index in [2.05, 4.69) is 15.3 Å². The molecule has 5 nitrogen and oxygen atoms in total. The van der Waals surface area contributed by atoms with Gasteiger partial charge < -0.3 is 15.2 Å². The molecule has 5 heteroatoms. The maximum Gasteiger partial charge on any atom is 0.144 e. The van der Waals surface area contributed by atoms with Gasteiger partial charge in [0, 0.05) is 26.0 Å². The molecule has 1 aromatic heterocycles. The van der Waals surface area contributed by atoms with E-state index in [1.165, 1.54) is 0 Å². The molecule has 1 atom stereocenters. The van der Waals surface area contributed by atoms with Crippen LogP contribution in [0.3, 0.4) is 0 Å². The summed E-state index contributed by atoms with van der Waals surface area (Å²) in [5.74, 6) is 0.720. The molecule has 0 spiro atoms. The quantitative estimate of drug-likeness (QED) is 0.686. The first-order chi connectivity index (χ1) is 6.83. The minimum atomic E-state index is -0.427. The molecule has 0 fully saturated rings. The highest BCUT2D eigenvalue weighted by molar-refractivity contribution is 5.29. The number of anilines is 1. The van der Waals surface area contributed by atoms with Crippen molar-refractivity contribution in [3.63, 3.8) is 0 Å². The third-order valence-electron chi connectivity index (χ3n) is 1.71. The number of ether oxygens (including phenoxy) is 1. The first-order valence-electron chi connectivity index (χ1n) is 4.50. The smallest absolute Gasteiger partial charge is 0.144 e. The molecular weight excluding hydrogens is 182 g/mol. The molecule has 0 saturated heterocycles. The van der Waals surface area contributed by atoms with Gasteiger partial charge in [-0.1, -0.05) is 0 Å². The third-order valence-corrected chi connectivity index (χ3v) is 1.71. The number of nitrogens with one attached hydrogen (secondary N) is 1. The molecule has 2 N–H and O–H groups in total. The Labute approximate surface area is 83.2 Å². The number of aliphatic hydroxyl groups is 1. The second-order valence-corrected chi connectivity index (χ2v) is 2.92. The van der Waals surface area contributed by atoms with Crippen LogP contribution in [0.2, 0.25) is 0 Å². The van der Waals surface area contributed by atoms with Crippen LogP contribution < -0.4 is 5.32 Å². The first kappa shape index (κ1) is 10.9. The van der Waals surface area contributed by atoms with Gasteiger partial charge in [-0.3, -0.25) is 4.98 Å². The van der Waals surface area contributed by atoms with E-state index in [1.807, 2.05) is 0 Å². The topological polar surface area (TPSA) is 67.3 Å². The first-order valence-corrected chi connectivity index (χ1v) is 4.50. The highest BCUT2D eigenvalue weighted by Gasteiger charge is 2.02. The number of aromatic nitrogens is 2. The van der Waals surface area contributed by atoms with Gasteiger partial charge in [-0.2, -0.15) is 0 Å². The Balaban J connectivity index is 2.16. The lowest BCUT2D eigenvalue weighted by Gasteiger charge is -2.09. The normalized spacial score (nSPS) is 12.4. The van der Waals surface area contributed by atoms with Crippen LogP contribution in [0.5, 0.6) is 0 Å². The largest absolute Gasteiger partial charge is 0.391 e. The Morgan fingerprint density at radius 3 is 3.07 bits per heavy atom. The minimum Gasteiger partial charge on any atom is -0.391 e. The Morgan fingerprint density at radius 2 is 2.43 bits per heavy atom. The van der Waals surface area contributed by atoms with Gasteiger partial charge in [-0.25, -0.2) is 4.98 Å². The average molecular weight is 197 g/mol. The summed E-state index contributed by atoms with van der Waals surface area (Å²) in [6, 6.07) is 0. The summed E-state index contributed by atoms with van der Waals surface area (Å²) in [6.45, 7) is 1.02. The van der Waals surface area contributed by atoms with Crippen LogP contribution in [0, 0.1) is 0 Å². The van der Waals surface area contributed by atoms with Crippen LogP contribution >= 0.6 is 0 Å². The van der Waals surface area contributed by atoms with Crippen LogP contribution in [0.15, 0.2) is 18.6 Å². The maximum absolute atomic E-state index is 9.33. The van der Waals surface area contributed by atoms with Crippen molar-refractivity contribution < 1.29 is 9.84 Å². The predicted molar refractivity (Wildman–Crippen MR) is 53.0 cm³/mol. The SMILES string of the molecule is COCC(O)CCNc1cnccn1. The molecule has 0 amide bonds. The lowest BCUT2D eigenvalue weighted by molar-refractivity contribution is 0.0615. The molecule has 14 heavy (non-hydrogen) atoms. The zero-order chi connectivity index (χ0) is 10.2. The van der Waals surface area contributed by atoms with Gasteiger partial charge in [0.25, 0.3) is 0 Å². The third kappa shape index (κ3) is 4.15. The van der Waals surface area contributed by atoms with Gasteiger partial charge in [-0.05, 0) is 6.42 Å². The molecule has 1 heterocycles. The molecule has 1 unspecified atom stereocenters. The van der Waals surface area contributed by atoms with Crippen LogP contribution in [0.4, 0.5) is 5.82 Å². The summed E-state index contributed by atoms with van der Waals surface area (Å²) in [4.78, 5) is 7.94. The Kier molecular flexibility index (Phi) is 4.88. The minimum absolute atomic E-state index is 0.363. The summed E-state index contributed by atoms with van der Waals surface area (Å²) < 4.78 is 4.80. The number of methoxy groups -OCH3 is 1. The summed E-state index contributed by atoms with van der Waals surface area (Å²) >= 11 is 0. The summed E-state index contributed by atoms with van der Waals surface area (Å²) in [6.07, 6.45) is 5.08. The van der Waals surface area contributed by atoms with Gasteiger partial charge >= 0.3 is 0 Å². The van der Waals surface area contributed by atoms with Crippen molar-refractivity contribution in [3.8, 4) is 0 Å². The fourth-order valence-electron chi connectivity index (χ4n) is 1.03. The summed E-state index contributed by atoms with van der Waals surface area (Å²) in [5, 5.41) is 12.4. The average Bonchev–Trinajstić information content (AvgIpc) is 2.20. The molecule has 0 aliphatic carbocycles. The van der Waals surface area contributed by atoms with E-state index in [0.717, 1.165) is 5.82 Å². The monoisotopic (exact) mass is 197 g/mol. The molecule has 0 aliphatic heterocycles. The zero-order valence-corrected chi connectivity index (χ0v) is 8.18. The second kappa shape index (κ2) is 6.28. The maximum atomic E-state index is 9.33. The fraction of sp³-hybridized carbons (Fsp3) is 0.556. The van der Waals surface area contributed by atoms with E-state index in [9.17, 15) is 5.11 Å². The molecule has 0 radical (unpaired) electrons. The van der Waals surface area contributed by atoms with Gasteiger partial charge in [0.05, 0.1) is 18.9 Å². The summed E-state index contributed by atoms with van der Waals surface area (Å²) in [7, 11) is 1.57. The zero-order valence-electron chi connectivity index (χ0n) is 8.18. The fourth-order valence-corrected chi connectivity index (χ4v) is 1.03. The van der Waals surface area contributed by atoms with E-state index in [1.54, 1.807) is 25.7 Å². The standard InChI is InChI=1S/C9H15N3O2/c1-14-7-8(13)2-3-11-9-6-10-4-5-12-9/h4-6,8,13H,2-3,7H2,1H3,(H,11,12). The molecule has 0 saturated carbocycles. The lowest BCUT2D eigenvalue weighted by atomic mass is 10.3. The van der Waals surface area contributed by atoms with Crippen molar-refractivity contribution in [2.75, 3.05) is 25.6 Å². The molecular formula is C9H15N3O2. The van der Waals surface area contributed by atoms with E-state index in [4.69, 9.17) is 4.74 Å². The van der Waals surface area contributed by atoms with Crippen molar-refractivity contribution in [2.45, 2.75) is 12.5 Å². The van der Waals surface area contributed by atoms with Crippen LogP contribution in [-0.2, 0) is 4.74 Å². The van der Waals surface area contributed by atoms with Crippen LogP contribution in [0.25, 0.3) is 0 Å². The van der Waals surface area contributed by atoms with Crippen molar-refractivity contribution in [2.24, 2.45) is 0 Å². The lowest BCUT2D eigenvalue weighted by Crippen LogP contribution is -2.18. The molecule has 78 valence electrons. The number of aliphatic hydroxyl groups excluding tert-OH is 1. The van der Waals surface area contributed by atoms with E-state index in [0.29, 0.717) is 19.6 Å². The Bertz CT molecular complexity index is 243. The van der Waals surface area contributed by atoms with Crippen molar-refractivity contribution >= 4 is 5.82 Å². The summed E-state index contributed by atoms with van der Waals surface area (Å²) in [5.41, 5.74) is 0. The Morgan fingerprint density at radius 1 is 1.57 bits per heavy atom. The van der Waals surface area contributed by atoms with Crippen molar-refractivity contribution in [3.05, 3.63) is 18.6 Å². The van der Waals surface area contributed by atoms with E-state index in [-0.39, 0.29) is 0 Å². The van der Waals surface area contributed by atoms with E-state index >= 15 is 0 Å². The van der Waals surface area contributed by atoms with E-state index < -0.39 is 6.10 Å². The number of hydrogen-bond acceptors (Lipinski definition) is 5. The molecule has 0 bridgehead atoms. The highest BCUT2D eigenvalue weighted by atomic mass is 16.5.